The van der Waals surface area contributed by atoms with Crippen molar-refractivity contribution in [2.45, 2.75) is 6.54 Å². The zero-order valence-electron chi connectivity index (χ0n) is 8.73. The lowest BCUT2D eigenvalue weighted by molar-refractivity contribution is 0.678. The summed E-state index contributed by atoms with van der Waals surface area (Å²) >= 11 is 3.56. The van der Waals surface area contributed by atoms with Gasteiger partial charge in [-0.1, -0.05) is 30.3 Å². The number of benzene rings is 1. The average molecular weight is 275 g/mol. The first-order valence-electron chi connectivity index (χ1n) is 5.31. The van der Waals surface area contributed by atoms with E-state index in [1.54, 1.807) is 0 Å². The molecule has 0 bridgehead atoms. The van der Waals surface area contributed by atoms with Gasteiger partial charge in [0.25, 0.3) is 0 Å². The van der Waals surface area contributed by atoms with Gasteiger partial charge in [0.05, 0.1) is 22.6 Å². The lowest BCUT2D eigenvalue weighted by Gasteiger charge is -2.17. The van der Waals surface area contributed by atoms with Crippen molar-refractivity contribution in [1.29, 1.82) is 0 Å². The summed E-state index contributed by atoms with van der Waals surface area (Å²) in [6.07, 6.45) is 0. The van der Waals surface area contributed by atoms with E-state index in [0.29, 0.717) is 0 Å². The van der Waals surface area contributed by atoms with E-state index in [2.05, 4.69) is 61.9 Å². The Bertz CT molecular complexity index is 540. The van der Waals surface area contributed by atoms with E-state index in [4.69, 9.17) is 0 Å². The molecule has 1 aromatic carbocycles. The van der Waals surface area contributed by atoms with E-state index >= 15 is 0 Å². The molecule has 2 heterocycles. The quantitative estimate of drug-likeness (QED) is 0.761. The van der Waals surface area contributed by atoms with Gasteiger partial charge in [0.2, 0.25) is 0 Å². The van der Waals surface area contributed by atoms with Crippen molar-refractivity contribution >= 4 is 21.6 Å². The van der Waals surface area contributed by atoms with Gasteiger partial charge in [-0.2, -0.15) is 0 Å². The minimum Gasteiger partial charge on any atom is -0.332 e. The second kappa shape index (κ2) is 3.91. The van der Waals surface area contributed by atoms with Gasteiger partial charge in [-0.3, -0.25) is 4.99 Å². The smallest absolute Gasteiger partial charge is 0.0884 e. The summed E-state index contributed by atoms with van der Waals surface area (Å²) in [7, 11) is 0. The van der Waals surface area contributed by atoms with Crippen LogP contribution in [0.2, 0.25) is 0 Å². The van der Waals surface area contributed by atoms with Crippen LogP contribution in [0.4, 0.5) is 0 Å². The van der Waals surface area contributed by atoms with E-state index in [-0.39, 0.29) is 0 Å². The van der Waals surface area contributed by atoms with Gasteiger partial charge >= 0.3 is 0 Å². The Labute approximate surface area is 103 Å². The third kappa shape index (κ3) is 1.52. The molecule has 0 fully saturated rings. The molecule has 0 N–H and O–H groups in total. The third-order valence-corrected chi connectivity index (χ3v) is 3.50. The van der Waals surface area contributed by atoms with Gasteiger partial charge in [-0.05, 0) is 28.1 Å². The SMILES string of the molecule is Brc1ccc2n1CCN=C2c1ccccc1. The van der Waals surface area contributed by atoms with Crippen molar-refractivity contribution in [2.24, 2.45) is 4.99 Å². The maximum Gasteiger partial charge on any atom is 0.0884 e. The highest BCUT2D eigenvalue weighted by molar-refractivity contribution is 9.10. The van der Waals surface area contributed by atoms with Crippen LogP contribution in [0.1, 0.15) is 11.3 Å². The highest BCUT2D eigenvalue weighted by atomic mass is 79.9. The van der Waals surface area contributed by atoms with Gasteiger partial charge in [0, 0.05) is 12.1 Å². The molecule has 3 heteroatoms. The van der Waals surface area contributed by atoms with Crippen LogP contribution < -0.4 is 0 Å². The Kier molecular flexibility index (Phi) is 2.40. The van der Waals surface area contributed by atoms with E-state index in [1.165, 1.54) is 11.3 Å². The van der Waals surface area contributed by atoms with Crippen LogP contribution in [-0.2, 0) is 6.54 Å². The fourth-order valence-electron chi connectivity index (χ4n) is 2.05. The number of aliphatic imine (C=N–C) groups is 1. The van der Waals surface area contributed by atoms with Crippen LogP contribution in [0.5, 0.6) is 0 Å². The summed E-state index contributed by atoms with van der Waals surface area (Å²) < 4.78 is 3.39. The van der Waals surface area contributed by atoms with Crippen molar-refractivity contribution in [1.82, 2.24) is 4.57 Å². The number of rotatable bonds is 1. The maximum absolute atomic E-state index is 4.63. The first-order chi connectivity index (χ1) is 7.86. The number of aromatic nitrogens is 1. The molecule has 3 rings (SSSR count). The second-order valence-corrected chi connectivity index (χ2v) is 4.60. The normalized spacial score (nSPS) is 14.4. The van der Waals surface area contributed by atoms with Crippen molar-refractivity contribution in [3.8, 4) is 0 Å². The number of fused-ring (bicyclic) bond motifs is 1. The summed E-state index contributed by atoms with van der Waals surface area (Å²) in [6, 6.07) is 14.5. The predicted molar refractivity (Wildman–Crippen MR) is 69.1 cm³/mol. The zero-order valence-corrected chi connectivity index (χ0v) is 10.3. The maximum atomic E-state index is 4.63. The standard InChI is InChI=1S/C13H11BrN2/c14-12-7-6-11-13(15-8-9-16(11)12)10-4-2-1-3-5-10/h1-7H,8-9H2. The van der Waals surface area contributed by atoms with Crippen LogP contribution in [0, 0.1) is 0 Å². The van der Waals surface area contributed by atoms with E-state index in [1.807, 2.05) is 6.07 Å². The molecule has 80 valence electrons. The Hall–Kier alpha value is -1.35. The van der Waals surface area contributed by atoms with Crippen molar-refractivity contribution in [2.75, 3.05) is 6.54 Å². The van der Waals surface area contributed by atoms with Crippen LogP contribution in [0.25, 0.3) is 0 Å². The molecule has 1 aromatic heterocycles. The van der Waals surface area contributed by atoms with Gasteiger partial charge in [-0.25, -0.2) is 0 Å². The lowest BCUT2D eigenvalue weighted by Crippen LogP contribution is -2.19. The number of hydrogen-bond donors (Lipinski definition) is 0. The van der Waals surface area contributed by atoms with Crippen molar-refractivity contribution < 1.29 is 0 Å². The van der Waals surface area contributed by atoms with Crippen molar-refractivity contribution in [3.05, 3.63) is 58.3 Å². The van der Waals surface area contributed by atoms with Gasteiger partial charge in [0.15, 0.2) is 0 Å². The largest absolute Gasteiger partial charge is 0.332 e. The van der Waals surface area contributed by atoms with Crippen LogP contribution in [0.3, 0.4) is 0 Å². The lowest BCUT2D eigenvalue weighted by atomic mass is 10.1. The Morgan fingerprint density at radius 2 is 1.88 bits per heavy atom. The highest BCUT2D eigenvalue weighted by Gasteiger charge is 2.16. The number of nitrogens with zero attached hydrogens (tertiary/aromatic N) is 2. The molecule has 0 atom stereocenters. The molecule has 0 aliphatic carbocycles. The number of hydrogen-bond acceptors (Lipinski definition) is 1. The molecule has 0 spiro atoms. The third-order valence-electron chi connectivity index (χ3n) is 2.81. The summed E-state index contributed by atoms with van der Waals surface area (Å²) in [5, 5.41) is 0. The summed E-state index contributed by atoms with van der Waals surface area (Å²) in [4.78, 5) is 4.63. The fourth-order valence-corrected chi connectivity index (χ4v) is 2.56. The molecule has 1 aliphatic heterocycles. The molecule has 1 aliphatic rings. The van der Waals surface area contributed by atoms with E-state index in [0.717, 1.165) is 23.4 Å². The molecule has 2 nitrogen and oxygen atoms in total. The van der Waals surface area contributed by atoms with Crippen molar-refractivity contribution in [3.63, 3.8) is 0 Å². The zero-order chi connectivity index (χ0) is 11.0. The van der Waals surface area contributed by atoms with Crippen LogP contribution in [-0.4, -0.2) is 16.8 Å². The molecule has 0 saturated heterocycles. The summed E-state index contributed by atoms with van der Waals surface area (Å²) in [6.45, 7) is 1.81. The van der Waals surface area contributed by atoms with Gasteiger partial charge < -0.3 is 4.57 Å². The average Bonchev–Trinajstić information content (AvgIpc) is 2.73. The number of halogens is 1. The first-order valence-corrected chi connectivity index (χ1v) is 6.11. The topological polar surface area (TPSA) is 17.3 Å². The molecule has 2 aromatic rings. The predicted octanol–water partition coefficient (Wildman–Crippen LogP) is 3.10. The van der Waals surface area contributed by atoms with E-state index < -0.39 is 0 Å². The second-order valence-electron chi connectivity index (χ2n) is 3.79. The Balaban J connectivity index is 2.13. The monoisotopic (exact) mass is 274 g/mol. The van der Waals surface area contributed by atoms with E-state index in [9.17, 15) is 0 Å². The molecule has 0 unspecified atom stereocenters. The Morgan fingerprint density at radius 3 is 2.69 bits per heavy atom. The van der Waals surface area contributed by atoms with Crippen LogP contribution in [0.15, 0.2) is 52.1 Å². The minimum absolute atomic E-state index is 0.852. The highest BCUT2D eigenvalue weighted by Crippen LogP contribution is 2.22. The Morgan fingerprint density at radius 1 is 1.06 bits per heavy atom. The molecule has 0 amide bonds. The van der Waals surface area contributed by atoms with Gasteiger partial charge in [0.1, 0.15) is 0 Å². The molecule has 0 radical (unpaired) electrons. The minimum atomic E-state index is 0.852. The summed E-state index contributed by atoms with van der Waals surface area (Å²) in [5.41, 5.74) is 3.48. The molecule has 16 heavy (non-hydrogen) atoms. The van der Waals surface area contributed by atoms with Gasteiger partial charge in [-0.15, -0.1) is 0 Å². The molecular weight excluding hydrogens is 264 g/mol. The summed E-state index contributed by atoms with van der Waals surface area (Å²) in [5.74, 6) is 0. The fraction of sp³-hybridized carbons (Fsp3) is 0.154. The van der Waals surface area contributed by atoms with Crippen LogP contribution >= 0.6 is 15.9 Å². The molecular formula is C13H11BrN2. The first kappa shape index (κ1) is 9.85. The molecule has 0 saturated carbocycles.